The van der Waals surface area contributed by atoms with E-state index >= 15 is 0 Å². The number of carbonyl (C=O) groups excluding carboxylic acids is 1. The molecule has 11 atom stereocenters. The van der Waals surface area contributed by atoms with Gasteiger partial charge in [0, 0.05) is 12.1 Å². The van der Waals surface area contributed by atoms with E-state index in [2.05, 4.69) is 0 Å². The number of phenolic OH excluding ortho intramolecular Hbond substituents is 2. The molecule has 2 aromatic rings. The standard InChI is InChI=1S/C27H32O14/c1-10-20(32)22(34)24(36)26(37-10)41-25-23(35)21(33)18(9-28)40-27(25)38-13-6-14(30)19-15(31)8-16(39-17(19)7-13)11-2-4-12(29)5-3-11/h2-7,10,16,18,20-30,32-36H,8-9H2,1H3/t10-,16-,18+,20-,21+,22+,23-,24+,25+,26-,27?/m0/s1. The molecule has 2 aromatic carbocycles. The van der Waals surface area contributed by atoms with Crippen LogP contribution in [0.15, 0.2) is 36.4 Å². The largest absolute Gasteiger partial charge is 0.508 e. The number of aliphatic hydroxyl groups is 6. The summed E-state index contributed by atoms with van der Waals surface area (Å²) in [6, 6.07) is 8.50. The zero-order valence-electron chi connectivity index (χ0n) is 21.8. The molecule has 14 heteroatoms. The number of aliphatic hydroxyl groups excluding tert-OH is 6. The lowest BCUT2D eigenvalue weighted by atomic mass is 9.95. The molecule has 224 valence electrons. The molecule has 0 spiro atoms. The third kappa shape index (κ3) is 5.70. The van der Waals surface area contributed by atoms with Gasteiger partial charge < -0.3 is 64.5 Å². The molecule has 41 heavy (non-hydrogen) atoms. The van der Waals surface area contributed by atoms with Crippen molar-refractivity contribution in [2.24, 2.45) is 0 Å². The Hall–Kier alpha value is -3.05. The van der Waals surface area contributed by atoms with Crippen LogP contribution in [0, 0.1) is 0 Å². The van der Waals surface area contributed by atoms with E-state index in [9.17, 15) is 45.6 Å². The molecule has 3 aliphatic rings. The zero-order valence-corrected chi connectivity index (χ0v) is 21.8. The van der Waals surface area contributed by atoms with Gasteiger partial charge in [0.2, 0.25) is 6.29 Å². The van der Waals surface area contributed by atoms with Crippen molar-refractivity contribution in [2.45, 2.75) is 80.9 Å². The number of rotatable bonds is 6. The monoisotopic (exact) mass is 580 g/mol. The molecule has 14 nitrogen and oxygen atoms in total. The van der Waals surface area contributed by atoms with E-state index in [1.54, 1.807) is 12.1 Å². The molecule has 3 heterocycles. The molecule has 0 radical (unpaired) electrons. The number of phenols is 2. The number of carbonyl (C=O) groups is 1. The lowest BCUT2D eigenvalue weighted by Gasteiger charge is -2.45. The molecular formula is C27H32O14. The molecule has 1 unspecified atom stereocenters. The first-order chi connectivity index (χ1) is 19.5. The maximum absolute atomic E-state index is 12.9. The predicted molar refractivity (Wildman–Crippen MR) is 134 cm³/mol. The van der Waals surface area contributed by atoms with Gasteiger partial charge in [0.1, 0.15) is 71.3 Å². The van der Waals surface area contributed by atoms with Crippen LogP contribution in [0.2, 0.25) is 0 Å². The average Bonchev–Trinajstić information content (AvgIpc) is 2.94. The molecule has 0 bridgehead atoms. The van der Waals surface area contributed by atoms with E-state index in [4.69, 9.17) is 23.7 Å². The second kappa shape index (κ2) is 11.7. The van der Waals surface area contributed by atoms with Crippen molar-refractivity contribution < 1.29 is 69.3 Å². The van der Waals surface area contributed by atoms with E-state index in [0.29, 0.717) is 5.56 Å². The molecule has 2 saturated heterocycles. The van der Waals surface area contributed by atoms with Gasteiger partial charge in [0.15, 0.2) is 18.2 Å². The molecule has 0 aliphatic carbocycles. The van der Waals surface area contributed by atoms with Gasteiger partial charge in [0.05, 0.1) is 19.1 Å². The summed E-state index contributed by atoms with van der Waals surface area (Å²) in [4.78, 5) is 12.9. The molecule has 5 rings (SSSR count). The van der Waals surface area contributed by atoms with Gasteiger partial charge in [-0.1, -0.05) is 12.1 Å². The smallest absolute Gasteiger partial charge is 0.229 e. The van der Waals surface area contributed by atoms with E-state index in [1.165, 1.54) is 25.1 Å². The third-order valence-electron chi connectivity index (χ3n) is 7.42. The predicted octanol–water partition coefficient (Wildman–Crippen LogP) is -1.17. The van der Waals surface area contributed by atoms with Crippen molar-refractivity contribution in [3.05, 3.63) is 47.5 Å². The topological polar surface area (TPSA) is 225 Å². The summed E-state index contributed by atoms with van der Waals surface area (Å²) >= 11 is 0. The van der Waals surface area contributed by atoms with E-state index in [-0.39, 0.29) is 29.2 Å². The van der Waals surface area contributed by atoms with Crippen LogP contribution in [-0.4, -0.2) is 115 Å². The van der Waals surface area contributed by atoms with Gasteiger partial charge in [-0.15, -0.1) is 0 Å². The van der Waals surface area contributed by atoms with Crippen molar-refractivity contribution in [3.63, 3.8) is 0 Å². The normalized spacial score (nSPS) is 37.2. The molecule has 2 fully saturated rings. The van der Waals surface area contributed by atoms with Gasteiger partial charge >= 0.3 is 0 Å². The highest BCUT2D eigenvalue weighted by Crippen LogP contribution is 2.43. The first-order valence-electron chi connectivity index (χ1n) is 13.0. The summed E-state index contributed by atoms with van der Waals surface area (Å²) in [5, 5.41) is 81.6. The van der Waals surface area contributed by atoms with Crippen molar-refractivity contribution in [1.82, 2.24) is 0 Å². The SMILES string of the molecule is C[C@@H]1O[C@@H](O[C@H]2C(Oc3cc(O)c4c(c3)O[C@H](c3ccc(O)cc3)CC4=O)O[C@H](CO)[C@@H](O)[C@@H]2O)[C@H](O)[C@H](O)[C@H]1O. The summed E-state index contributed by atoms with van der Waals surface area (Å²) in [7, 11) is 0. The summed E-state index contributed by atoms with van der Waals surface area (Å²) in [5.74, 6) is -0.947. The fourth-order valence-electron chi connectivity index (χ4n) is 5.07. The second-order valence-corrected chi connectivity index (χ2v) is 10.2. The van der Waals surface area contributed by atoms with Crippen molar-refractivity contribution in [1.29, 1.82) is 0 Å². The molecule has 8 N–H and O–H groups in total. The lowest BCUT2D eigenvalue weighted by molar-refractivity contribution is -0.354. The Kier molecular flexibility index (Phi) is 8.39. The third-order valence-corrected chi connectivity index (χ3v) is 7.42. The number of hydrogen-bond donors (Lipinski definition) is 8. The highest BCUT2D eigenvalue weighted by Gasteiger charge is 2.51. The first kappa shape index (κ1) is 29.4. The molecule has 0 aromatic heterocycles. The molecular weight excluding hydrogens is 548 g/mol. The first-order valence-corrected chi connectivity index (χ1v) is 13.0. The Labute approximate surface area is 233 Å². The number of hydrogen-bond acceptors (Lipinski definition) is 14. The van der Waals surface area contributed by atoms with E-state index < -0.39 is 85.7 Å². The van der Waals surface area contributed by atoms with E-state index in [1.807, 2.05) is 0 Å². The van der Waals surface area contributed by atoms with Crippen LogP contribution in [0.1, 0.15) is 35.4 Å². The van der Waals surface area contributed by atoms with E-state index in [0.717, 1.165) is 6.07 Å². The van der Waals surface area contributed by atoms with Gasteiger partial charge in [0.25, 0.3) is 0 Å². The van der Waals surface area contributed by atoms with Gasteiger partial charge in [-0.25, -0.2) is 0 Å². The highest BCUT2D eigenvalue weighted by atomic mass is 16.8. The Morgan fingerprint density at radius 3 is 2.27 bits per heavy atom. The minimum absolute atomic E-state index is 0.0149. The molecule has 0 amide bonds. The minimum atomic E-state index is -1.75. The summed E-state index contributed by atoms with van der Waals surface area (Å²) in [6.07, 6.45) is -16.0. The van der Waals surface area contributed by atoms with Crippen molar-refractivity contribution in [2.75, 3.05) is 6.61 Å². The number of benzene rings is 2. The number of Topliss-reactive ketones (excluding diaryl/α,β-unsaturated/α-hetero) is 1. The Balaban J connectivity index is 1.41. The number of aromatic hydroxyl groups is 2. The minimum Gasteiger partial charge on any atom is -0.508 e. The van der Waals surface area contributed by atoms with Gasteiger partial charge in [-0.05, 0) is 24.6 Å². The van der Waals surface area contributed by atoms with Crippen LogP contribution in [0.25, 0.3) is 0 Å². The molecule has 0 saturated carbocycles. The Morgan fingerprint density at radius 1 is 0.878 bits per heavy atom. The van der Waals surface area contributed by atoms with Crippen LogP contribution in [0.4, 0.5) is 0 Å². The van der Waals surface area contributed by atoms with Crippen LogP contribution in [-0.2, 0) is 14.2 Å². The quantitative estimate of drug-likeness (QED) is 0.202. The molecule has 3 aliphatic heterocycles. The Bertz CT molecular complexity index is 1240. The maximum atomic E-state index is 12.9. The fraction of sp³-hybridized carbons (Fsp3) is 0.519. The fourth-order valence-corrected chi connectivity index (χ4v) is 5.07. The summed E-state index contributed by atoms with van der Waals surface area (Å²) in [5.41, 5.74) is 0.529. The number of fused-ring (bicyclic) bond motifs is 1. The van der Waals surface area contributed by atoms with Gasteiger partial charge in [-0.2, -0.15) is 0 Å². The van der Waals surface area contributed by atoms with Crippen LogP contribution in [0.3, 0.4) is 0 Å². The highest BCUT2D eigenvalue weighted by molar-refractivity contribution is 6.02. The van der Waals surface area contributed by atoms with Gasteiger partial charge in [-0.3, -0.25) is 4.79 Å². The number of ketones is 1. The van der Waals surface area contributed by atoms with Crippen molar-refractivity contribution in [3.8, 4) is 23.0 Å². The average molecular weight is 581 g/mol. The van der Waals surface area contributed by atoms with Crippen molar-refractivity contribution >= 4 is 5.78 Å². The summed E-state index contributed by atoms with van der Waals surface area (Å²) in [6.45, 7) is 0.716. The van der Waals surface area contributed by atoms with Crippen LogP contribution >= 0.6 is 0 Å². The summed E-state index contributed by atoms with van der Waals surface area (Å²) < 4.78 is 28.6. The zero-order chi connectivity index (χ0) is 29.6. The van der Waals surface area contributed by atoms with Crippen LogP contribution < -0.4 is 9.47 Å². The number of ether oxygens (including phenoxy) is 5. The second-order valence-electron chi connectivity index (χ2n) is 10.2. The van der Waals surface area contributed by atoms with Crippen LogP contribution in [0.5, 0.6) is 23.0 Å². The maximum Gasteiger partial charge on any atom is 0.229 e. The lowest BCUT2D eigenvalue weighted by Crippen LogP contribution is -2.64. The Morgan fingerprint density at radius 2 is 1.59 bits per heavy atom.